The number of carbonyl (C=O) groups excluding carboxylic acids is 1. The predicted molar refractivity (Wildman–Crippen MR) is 112 cm³/mol. The van der Waals surface area contributed by atoms with Crippen molar-refractivity contribution in [2.24, 2.45) is 0 Å². The molecule has 0 spiro atoms. The third-order valence-corrected chi connectivity index (χ3v) is 5.04. The molecule has 0 heterocycles. The SMILES string of the molecule is CCCCCCCCCC(=O)c1ccc([O-])c(C(=O)O)c1.CC[NH+](CC)CC. The van der Waals surface area contributed by atoms with Crippen LogP contribution in [0.4, 0.5) is 0 Å². The van der Waals surface area contributed by atoms with E-state index in [0.29, 0.717) is 12.0 Å². The number of hydrogen-bond donors (Lipinski definition) is 2. The standard InChI is InChI=1S/C17H24O4.C6H15N/c1-2-3-4-5-6-7-8-9-15(18)13-10-11-16(19)14(12-13)17(20)21;1-4-7(5-2)6-3/h10-12,19H,2-9H2,1H3,(H,20,21);4-6H2,1-3H3. The average molecular weight is 394 g/mol. The summed E-state index contributed by atoms with van der Waals surface area (Å²) in [5.74, 6) is -1.94. The molecule has 1 aromatic carbocycles. The molecule has 0 fully saturated rings. The minimum absolute atomic E-state index is 0.0916. The van der Waals surface area contributed by atoms with Crippen LogP contribution in [0.2, 0.25) is 0 Å². The third-order valence-electron chi connectivity index (χ3n) is 5.04. The second kappa shape index (κ2) is 16.1. The summed E-state index contributed by atoms with van der Waals surface area (Å²) in [7, 11) is 0. The molecule has 1 rings (SSSR count). The van der Waals surface area contributed by atoms with Crippen LogP contribution in [0.3, 0.4) is 0 Å². The highest BCUT2D eigenvalue weighted by Crippen LogP contribution is 2.18. The van der Waals surface area contributed by atoms with Gasteiger partial charge in [-0.25, -0.2) is 4.79 Å². The summed E-state index contributed by atoms with van der Waals surface area (Å²) in [6.07, 6.45) is 8.30. The number of rotatable bonds is 13. The van der Waals surface area contributed by atoms with Crippen molar-refractivity contribution < 1.29 is 24.7 Å². The summed E-state index contributed by atoms with van der Waals surface area (Å²) < 4.78 is 0. The number of unbranched alkanes of at least 4 members (excludes halogenated alkanes) is 6. The van der Waals surface area contributed by atoms with Gasteiger partial charge in [0.05, 0.1) is 25.2 Å². The number of carboxylic acid groups (broad SMARTS) is 1. The molecule has 160 valence electrons. The number of ketones is 1. The summed E-state index contributed by atoms with van der Waals surface area (Å²) in [5, 5.41) is 20.2. The second-order valence-electron chi connectivity index (χ2n) is 7.12. The zero-order valence-electron chi connectivity index (χ0n) is 18.2. The van der Waals surface area contributed by atoms with E-state index in [1.807, 2.05) is 0 Å². The van der Waals surface area contributed by atoms with Gasteiger partial charge >= 0.3 is 5.97 Å². The summed E-state index contributed by atoms with van der Waals surface area (Å²) in [4.78, 5) is 24.5. The summed E-state index contributed by atoms with van der Waals surface area (Å²) in [5.41, 5.74) is -0.0154. The number of benzene rings is 1. The minimum atomic E-state index is -1.29. The highest BCUT2D eigenvalue weighted by molar-refractivity contribution is 5.99. The molecule has 0 atom stereocenters. The van der Waals surface area contributed by atoms with Gasteiger partial charge in [0.1, 0.15) is 0 Å². The number of carbonyl (C=O) groups is 2. The van der Waals surface area contributed by atoms with Crippen LogP contribution in [-0.2, 0) is 0 Å². The van der Waals surface area contributed by atoms with Gasteiger partial charge in [-0.1, -0.05) is 63.3 Å². The van der Waals surface area contributed by atoms with Crippen LogP contribution in [0.25, 0.3) is 0 Å². The number of aromatic carboxylic acids is 1. The van der Waals surface area contributed by atoms with Crippen LogP contribution in [0.15, 0.2) is 18.2 Å². The quantitative estimate of drug-likeness (QED) is 0.395. The van der Waals surface area contributed by atoms with E-state index in [1.165, 1.54) is 57.5 Å². The van der Waals surface area contributed by atoms with E-state index in [0.717, 1.165) is 25.3 Å². The van der Waals surface area contributed by atoms with Crippen molar-refractivity contribution in [2.75, 3.05) is 19.6 Å². The lowest BCUT2D eigenvalue weighted by atomic mass is 10.0. The zero-order chi connectivity index (χ0) is 21.4. The van der Waals surface area contributed by atoms with Crippen LogP contribution in [0.1, 0.15) is 99.8 Å². The molecular formula is C23H39NO4. The minimum Gasteiger partial charge on any atom is -0.872 e. The Kier molecular flexibility index (Phi) is 15.0. The maximum absolute atomic E-state index is 12.0. The molecule has 0 saturated heterocycles. The van der Waals surface area contributed by atoms with E-state index in [2.05, 4.69) is 27.7 Å². The molecule has 5 heteroatoms. The van der Waals surface area contributed by atoms with Gasteiger partial charge < -0.3 is 15.1 Å². The monoisotopic (exact) mass is 393 g/mol. The average Bonchev–Trinajstić information content (AvgIpc) is 2.69. The first-order valence-corrected chi connectivity index (χ1v) is 10.8. The second-order valence-corrected chi connectivity index (χ2v) is 7.12. The molecule has 5 nitrogen and oxygen atoms in total. The Bertz CT molecular complexity index is 562. The van der Waals surface area contributed by atoms with Gasteiger partial charge in [0.25, 0.3) is 0 Å². The number of nitrogens with one attached hydrogen (secondary N) is 1. The lowest BCUT2D eigenvalue weighted by molar-refractivity contribution is -0.894. The van der Waals surface area contributed by atoms with Gasteiger partial charge in [0.15, 0.2) is 5.78 Å². The van der Waals surface area contributed by atoms with Gasteiger partial charge in [0.2, 0.25) is 0 Å². The van der Waals surface area contributed by atoms with Crippen LogP contribution in [0, 0.1) is 0 Å². The normalized spacial score (nSPS) is 10.5. The van der Waals surface area contributed by atoms with Crippen molar-refractivity contribution in [3.63, 3.8) is 0 Å². The van der Waals surface area contributed by atoms with Gasteiger partial charge in [-0.15, -0.1) is 0 Å². The lowest BCUT2D eigenvalue weighted by Gasteiger charge is -2.11. The van der Waals surface area contributed by atoms with Crippen molar-refractivity contribution >= 4 is 11.8 Å². The Balaban J connectivity index is 0.000000887. The van der Waals surface area contributed by atoms with Gasteiger partial charge in [0, 0.05) is 12.0 Å². The van der Waals surface area contributed by atoms with Crippen molar-refractivity contribution in [2.45, 2.75) is 79.1 Å². The van der Waals surface area contributed by atoms with Crippen molar-refractivity contribution in [3.05, 3.63) is 29.3 Å². The predicted octanol–water partition coefficient (Wildman–Crippen LogP) is 3.71. The molecule has 0 radical (unpaired) electrons. The summed E-state index contributed by atoms with van der Waals surface area (Å²) in [6, 6.07) is 3.76. The van der Waals surface area contributed by atoms with E-state index >= 15 is 0 Å². The Morgan fingerprint density at radius 1 is 0.893 bits per heavy atom. The third kappa shape index (κ3) is 11.1. The van der Waals surface area contributed by atoms with Crippen LogP contribution >= 0.6 is 0 Å². The van der Waals surface area contributed by atoms with Gasteiger partial charge in [-0.3, -0.25) is 4.79 Å². The van der Waals surface area contributed by atoms with E-state index in [9.17, 15) is 14.7 Å². The number of Topliss-reactive ketones (excluding diaryl/α,β-unsaturated/α-hetero) is 1. The fourth-order valence-electron chi connectivity index (χ4n) is 3.01. The molecule has 0 saturated carbocycles. The highest BCUT2D eigenvalue weighted by atomic mass is 16.4. The fourth-order valence-corrected chi connectivity index (χ4v) is 3.01. The molecule has 0 bridgehead atoms. The van der Waals surface area contributed by atoms with Crippen LogP contribution in [0.5, 0.6) is 5.75 Å². The Hall–Kier alpha value is -1.88. The van der Waals surface area contributed by atoms with E-state index < -0.39 is 11.7 Å². The molecule has 0 amide bonds. The molecular weight excluding hydrogens is 354 g/mol. The van der Waals surface area contributed by atoms with Crippen LogP contribution in [-0.4, -0.2) is 36.5 Å². The summed E-state index contributed by atoms with van der Waals surface area (Å²) >= 11 is 0. The molecule has 0 aliphatic heterocycles. The van der Waals surface area contributed by atoms with Crippen molar-refractivity contribution in [3.8, 4) is 5.75 Å². The molecule has 28 heavy (non-hydrogen) atoms. The van der Waals surface area contributed by atoms with Crippen LogP contribution < -0.4 is 10.0 Å². The molecule has 0 unspecified atom stereocenters. The fraction of sp³-hybridized carbons (Fsp3) is 0.652. The maximum atomic E-state index is 12.0. The topological polar surface area (TPSA) is 81.9 Å². The maximum Gasteiger partial charge on any atom is 0.335 e. The summed E-state index contributed by atoms with van der Waals surface area (Å²) in [6.45, 7) is 12.7. The van der Waals surface area contributed by atoms with Crippen molar-refractivity contribution in [1.82, 2.24) is 0 Å². The highest BCUT2D eigenvalue weighted by Gasteiger charge is 2.10. The largest absolute Gasteiger partial charge is 0.872 e. The first kappa shape index (κ1) is 26.1. The van der Waals surface area contributed by atoms with Gasteiger partial charge in [-0.2, -0.15) is 0 Å². The lowest BCUT2D eigenvalue weighted by Crippen LogP contribution is -3.11. The molecule has 0 aliphatic carbocycles. The van der Waals surface area contributed by atoms with Crippen molar-refractivity contribution in [1.29, 1.82) is 0 Å². The molecule has 1 aromatic rings. The first-order chi connectivity index (χ1) is 13.4. The van der Waals surface area contributed by atoms with E-state index in [-0.39, 0.29) is 11.3 Å². The number of carboxylic acids is 1. The molecule has 0 aliphatic rings. The smallest absolute Gasteiger partial charge is 0.335 e. The molecule has 2 N–H and O–H groups in total. The molecule has 0 aromatic heterocycles. The number of hydrogen-bond acceptors (Lipinski definition) is 3. The van der Waals surface area contributed by atoms with E-state index in [4.69, 9.17) is 5.11 Å². The first-order valence-electron chi connectivity index (χ1n) is 10.8. The number of quaternary nitrogens is 1. The Morgan fingerprint density at radius 3 is 1.89 bits per heavy atom. The zero-order valence-corrected chi connectivity index (χ0v) is 18.2. The Labute approximate surface area is 170 Å². The van der Waals surface area contributed by atoms with E-state index in [1.54, 1.807) is 4.90 Å². The van der Waals surface area contributed by atoms with Gasteiger partial charge in [-0.05, 0) is 33.3 Å². The Morgan fingerprint density at radius 2 is 1.43 bits per heavy atom.